The third kappa shape index (κ3) is 2.36. The number of carboxylic acids is 1. The number of aryl methyl sites for hydroxylation is 1. The largest absolute Gasteiger partial charge is 0.478 e. The summed E-state index contributed by atoms with van der Waals surface area (Å²) in [6.07, 6.45) is 2.90. The third-order valence-corrected chi connectivity index (χ3v) is 3.46. The lowest BCUT2D eigenvalue weighted by atomic mass is 10.0. The minimum atomic E-state index is -0.878. The van der Waals surface area contributed by atoms with Crippen LogP contribution in [-0.4, -0.2) is 22.2 Å². The molecule has 1 heterocycles. The topological polar surface area (TPSA) is 68.2 Å². The second kappa shape index (κ2) is 5.05. The number of aromatic nitrogens is 1. The minimum Gasteiger partial charge on any atom is -0.478 e. The first-order valence-electron chi connectivity index (χ1n) is 6.53. The number of aromatic carboxylic acids is 1. The highest BCUT2D eigenvalue weighted by Crippen LogP contribution is 2.28. The van der Waals surface area contributed by atoms with E-state index in [4.69, 9.17) is 5.73 Å². The maximum Gasteiger partial charge on any atom is 0.336 e. The molecular formula is C15H20N2O2. The van der Waals surface area contributed by atoms with Crippen molar-refractivity contribution in [3.05, 3.63) is 35.0 Å². The highest BCUT2D eigenvalue weighted by atomic mass is 16.4. The Labute approximate surface area is 112 Å². The van der Waals surface area contributed by atoms with Crippen molar-refractivity contribution in [3.63, 3.8) is 0 Å². The van der Waals surface area contributed by atoms with Gasteiger partial charge in [-0.1, -0.05) is 0 Å². The number of carbonyl (C=O) groups is 1. The number of hydrogen-bond donors (Lipinski definition) is 2. The fraction of sp³-hybridized carbons (Fsp3) is 0.400. The number of carboxylic acid groups (broad SMARTS) is 1. The number of nitrogens with zero attached hydrogens (tertiary/aromatic N) is 1. The molecule has 0 fully saturated rings. The Morgan fingerprint density at radius 2 is 2.11 bits per heavy atom. The number of benzene rings is 1. The van der Waals surface area contributed by atoms with Crippen LogP contribution < -0.4 is 5.73 Å². The Balaban J connectivity index is 2.75. The molecule has 0 saturated heterocycles. The molecule has 0 aliphatic heterocycles. The van der Waals surface area contributed by atoms with Crippen molar-refractivity contribution in [1.82, 2.24) is 4.57 Å². The maximum absolute atomic E-state index is 11.2. The van der Waals surface area contributed by atoms with E-state index in [1.807, 2.05) is 13.0 Å². The van der Waals surface area contributed by atoms with Crippen LogP contribution in [0.2, 0.25) is 0 Å². The lowest BCUT2D eigenvalue weighted by Crippen LogP contribution is -2.02. The first-order valence-corrected chi connectivity index (χ1v) is 6.53. The second-order valence-corrected chi connectivity index (χ2v) is 5.18. The number of hydrogen-bond acceptors (Lipinski definition) is 2. The molecule has 2 rings (SSSR count). The molecule has 2 aromatic rings. The molecule has 0 atom stereocenters. The zero-order valence-electron chi connectivity index (χ0n) is 11.6. The molecule has 0 aliphatic carbocycles. The molecule has 4 nitrogen and oxygen atoms in total. The van der Waals surface area contributed by atoms with Crippen LogP contribution in [0, 0.1) is 6.92 Å². The second-order valence-electron chi connectivity index (χ2n) is 5.18. The minimum absolute atomic E-state index is 0.290. The summed E-state index contributed by atoms with van der Waals surface area (Å²) < 4.78 is 2.12. The predicted molar refractivity (Wildman–Crippen MR) is 76.8 cm³/mol. The first-order chi connectivity index (χ1) is 8.95. The van der Waals surface area contributed by atoms with Gasteiger partial charge in [0.2, 0.25) is 0 Å². The van der Waals surface area contributed by atoms with Crippen LogP contribution in [0.5, 0.6) is 0 Å². The van der Waals surface area contributed by atoms with Gasteiger partial charge in [-0.15, -0.1) is 0 Å². The van der Waals surface area contributed by atoms with Crippen molar-refractivity contribution in [2.75, 3.05) is 6.54 Å². The van der Waals surface area contributed by atoms with E-state index in [0.717, 1.165) is 22.9 Å². The van der Waals surface area contributed by atoms with Gasteiger partial charge in [-0.25, -0.2) is 4.79 Å². The van der Waals surface area contributed by atoms with E-state index >= 15 is 0 Å². The molecule has 0 amide bonds. The SMILES string of the molecule is Cc1cc2c(CCN)cn(C(C)C)c2cc1C(=O)O. The monoisotopic (exact) mass is 260 g/mol. The van der Waals surface area contributed by atoms with Crippen molar-refractivity contribution in [2.45, 2.75) is 33.2 Å². The van der Waals surface area contributed by atoms with Crippen molar-refractivity contribution in [3.8, 4) is 0 Å². The predicted octanol–water partition coefficient (Wildman–Crippen LogP) is 2.73. The third-order valence-electron chi connectivity index (χ3n) is 3.46. The molecule has 3 N–H and O–H groups in total. The van der Waals surface area contributed by atoms with Crippen LogP contribution in [0.4, 0.5) is 0 Å². The molecule has 1 aromatic heterocycles. The van der Waals surface area contributed by atoms with E-state index in [0.29, 0.717) is 18.2 Å². The summed E-state index contributed by atoms with van der Waals surface area (Å²) in [6.45, 7) is 6.61. The molecule has 0 radical (unpaired) electrons. The zero-order valence-corrected chi connectivity index (χ0v) is 11.6. The van der Waals surface area contributed by atoms with Gasteiger partial charge in [0, 0.05) is 23.1 Å². The molecule has 0 bridgehead atoms. The summed E-state index contributed by atoms with van der Waals surface area (Å²) in [5, 5.41) is 10.3. The lowest BCUT2D eigenvalue weighted by molar-refractivity contribution is 0.0696. The fourth-order valence-electron chi connectivity index (χ4n) is 2.49. The summed E-state index contributed by atoms with van der Waals surface area (Å²) in [4.78, 5) is 11.2. The number of rotatable bonds is 4. The molecule has 1 aromatic carbocycles. The maximum atomic E-state index is 11.2. The van der Waals surface area contributed by atoms with Crippen molar-refractivity contribution >= 4 is 16.9 Å². The van der Waals surface area contributed by atoms with Crippen molar-refractivity contribution < 1.29 is 9.90 Å². The molecule has 0 saturated carbocycles. The smallest absolute Gasteiger partial charge is 0.336 e. The van der Waals surface area contributed by atoms with Crippen LogP contribution >= 0.6 is 0 Å². The van der Waals surface area contributed by atoms with E-state index in [9.17, 15) is 9.90 Å². The first kappa shape index (κ1) is 13.6. The van der Waals surface area contributed by atoms with E-state index in [2.05, 4.69) is 24.6 Å². The standard InChI is InChI=1S/C15H20N2O2/c1-9(2)17-8-11(4-5-16)13-6-10(3)12(15(18)19)7-14(13)17/h6-9H,4-5,16H2,1-3H3,(H,18,19). The van der Waals surface area contributed by atoms with Gasteiger partial charge in [-0.2, -0.15) is 0 Å². The summed E-state index contributed by atoms with van der Waals surface area (Å²) in [5.74, 6) is -0.878. The van der Waals surface area contributed by atoms with Crippen LogP contribution in [0.15, 0.2) is 18.3 Å². The van der Waals surface area contributed by atoms with Gasteiger partial charge in [0.15, 0.2) is 0 Å². The summed E-state index contributed by atoms with van der Waals surface area (Å²) in [6, 6.07) is 4.02. The Hall–Kier alpha value is -1.81. The molecule has 0 unspecified atom stereocenters. The van der Waals surface area contributed by atoms with Gasteiger partial charge < -0.3 is 15.4 Å². The summed E-state index contributed by atoms with van der Waals surface area (Å²) in [5.41, 5.74) is 8.97. The van der Waals surface area contributed by atoms with Gasteiger partial charge >= 0.3 is 5.97 Å². The Kier molecular flexibility index (Phi) is 3.62. The Morgan fingerprint density at radius 1 is 1.42 bits per heavy atom. The molecule has 0 spiro atoms. The lowest BCUT2D eigenvalue weighted by Gasteiger charge is -2.10. The van der Waals surface area contributed by atoms with Gasteiger partial charge in [0.1, 0.15) is 0 Å². The molecular weight excluding hydrogens is 240 g/mol. The normalized spacial score (nSPS) is 11.4. The van der Waals surface area contributed by atoms with Crippen LogP contribution in [0.1, 0.15) is 41.4 Å². The Morgan fingerprint density at radius 3 is 2.63 bits per heavy atom. The van der Waals surface area contributed by atoms with Crippen LogP contribution in [-0.2, 0) is 6.42 Å². The van der Waals surface area contributed by atoms with Gasteiger partial charge in [0.25, 0.3) is 0 Å². The van der Waals surface area contributed by atoms with Gasteiger partial charge in [-0.3, -0.25) is 0 Å². The van der Waals surface area contributed by atoms with Crippen molar-refractivity contribution in [2.24, 2.45) is 5.73 Å². The number of nitrogens with two attached hydrogens (primary N) is 1. The van der Waals surface area contributed by atoms with E-state index in [1.165, 1.54) is 5.56 Å². The highest BCUT2D eigenvalue weighted by molar-refractivity contribution is 5.96. The highest BCUT2D eigenvalue weighted by Gasteiger charge is 2.15. The van der Waals surface area contributed by atoms with Crippen molar-refractivity contribution in [1.29, 1.82) is 0 Å². The average molecular weight is 260 g/mol. The molecule has 102 valence electrons. The van der Waals surface area contributed by atoms with E-state index < -0.39 is 5.97 Å². The van der Waals surface area contributed by atoms with Gasteiger partial charge in [0.05, 0.1) is 5.56 Å². The molecule has 0 aliphatic rings. The number of fused-ring (bicyclic) bond motifs is 1. The zero-order chi connectivity index (χ0) is 14.2. The Bertz CT molecular complexity index is 627. The summed E-state index contributed by atoms with van der Waals surface area (Å²) in [7, 11) is 0. The fourth-order valence-corrected chi connectivity index (χ4v) is 2.49. The van der Waals surface area contributed by atoms with Crippen LogP contribution in [0.3, 0.4) is 0 Å². The van der Waals surface area contributed by atoms with Crippen LogP contribution in [0.25, 0.3) is 10.9 Å². The molecule has 19 heavy (non-hydrogen) atoms. The average Bonchev–Trinajstić information content (AvgIpc) is 2.67. The van der Waals surface area contributed by atoms with E-state index in [-0.39, 0.29) is 0 Å². The van der Waals surface area contributed by atoms with Gasteiger partial charge in [-0.05, 0) is 57.0 Å². The molecule has 4 heteroatoms. The van der Waals surface area contributed by atoms with E-state index in [1.54, 1.807) is 6.07 Å². The summed E-state index contributed by atoms with van der Waals surface area (Å²) >= 11 is 0. The quantitative estimate of drug-likeness (QED) is 0.888.